The van der Waals surface area contributed by atoms with E-state index in [0.29, 0.717) is 11.4 Å². The van der Waals surface area contributed by atoms with Gasteiger partial charge in [0, 0.05) is 42.8 Å². The van der Waals surface area contributed by atoms with E-state index in [0.717, 1.165) is 30.3 Å². The van der Waals surface area contributed by atoms with Crippen molar-refractivity contribution in [2.75, 3.05) is 30.4 Å². The topological polar surface area (TPSA) is 91.3 Å². The van der Waals surface area contributed by atoms with Crippen LogP contribution in [0.2, 0.25) is 0 Å². The predicted octanol–water partition coefficient (Wildman–Crippen LogP) is 1.67. The Bertz CT molecular complexity index is 1150. The van der Waals surface area contributed by atoms with Gasteiger partial charge in [-0.15, -0.1) is 21.2 Å². The van der Waals surface area contributed by atoms with Gasteiger partial charge in [0.15, 0.2) is 11.6 Å². The predicted molar refractivity (Wildman–Crippen MR) is 118 cm³/mol. The van der Waals surface area contributed by atoms with Gasteiger partial charge in [0.2, 0.25) is 5.84 Å². The summed E-state index contributed by atoms with van der Waals surface area (Å²) in [4.78, 5) is 6.81. The number of anilines is 2. The van der Waals surface area contributed by atoms with Gasteiger partial charge in [-0.2, -0.15) is 0 Å². The molecule has 0 amide bonds. The molecule has 0 saturated carbocycles. The van der Waals surface area contributed by atoms with Crippen molar-refractivity contribution in [2.45, 2.75) is 19.4 Å². The molecular weight excluding hydrogens is 414 g/mol. The number of rotatable bonds is 6. The lowest BCUT2D eigenvalue weighted by molar-refractivity contribution is -0.703. The van der Waals surface area contributed by atoms with Crippen LogP contribution >= 0.6 is 0 Å². The second kappa shape index (κ2) is 8.56. The summed E-state index contributed by atoms with van der Waals surface area (Å²) in [5, 5.41) is 5.65. The van der Waals surface area contributed by atoms with E-state index < -0.39 is 11.6 Å². The van der Waals surface area contributed by atoms with Crippen LogP contribution in [0.5, 0.6) is 0 Å². The van der Waals surface area contributed by atoms with E-state index in [1.165, 1.54) is 48.6 Å². The van der Waals surface area contributed by atoms with Gasteiger partial charge in [-0.05, 0) is 50.2 Å². The molecule has 0 bridgehead atoms. The number of quaternary nitrogens is 1. The van der Waals surface area contributed by atoms with Crippen molar-refractivity contribution in [1.82, 2.24) is 20.0 Å². The first kappa shape index (κ1) is 20.4. The summed E-state index contributed by atoms with van der Waals surface area (Å²) in [6, 6.07) is 7.90. The van der Waals surface area contributed by atoms with Crippen molar-refractivity contribution >= 4 is 17.3 Å². The lowest BCUT2D eigenvalue weighted by Gasteiger charge is -2.17. The van der Waals surface area contributed by atoms with Gasteiger partial charge in [0.25, 0.3) is 0 Å². The fourth-order valence-electron chi connectivity index (χ4n) is 4.14. The molecule has 0 spiro atoms. The maximum Gasteiger partial charge on any atom is 0.220 e. The molecule has 0 radical (unpaired) electrons. The zero-order valence-corrected chi connectivity index (χ0v) is 17.5. The summed E-state index contributed by atoms with van der Waals surface area (Å²) in [7, 11) is 0. The summed E-state index contributed by atoms with van der Waals surface area (Å²) in [6.45, 7) is 4.31. The smallest absolute Gasteiger partial charge is 0.220 e. The molecule has 1 aromatic carbocycles. The molecule has 5 rings (SSSR count). The van der Waals surface area contributed by atoms with E-state index in [9.17, 15) is 8.78 Å². The fraction of sp³-hybridized carbons (Fsp3) is 0.273. The number of nitrogens with one attached hydrogen (secondary N) is 1. The number of benzene rings is 1. The molecule has 0 atom stereocenters. The van der Waals surface area contributed by atoms with E-state index in [2.05, 4.69) is 37.5 Å². The Morgan fingerprint density at radius 3 is 2.78 bits per heavy atom. The summed E-state index contributed by atoms with van der Waals surface area (Å²) < 4.78 is 30.3. The minimum atomic E-state index is -0.960. The van der Waals surface area contributed by atoms with Crippen LogP contribution in [0.1, 0.15) is 18.4 Å². The number of hydrogen-bond acceptors (Lipinski definition) is 6. The molecular formula is C22H25F2N8+. The Kier molecular flexibility index (Phi) is 5.46. The standard InChI is InChI=1S/C22H24F2N8/c23-18-4-3-5-19(20(18)24)32-22(27-28-29-32)17-12-16(13-26-21(17)25)15-6-9-31(14-15)11-10-30-7-1-2-8-30/h3-6,9,12-14,28-29H,1-2,7-8,10-11H2,(H2,25,26)/p+1. The summed E-state index contributed by atoms with van der Waals surface area (Å²) in [5.41, 5.74) is 12.7. The second-order valence-electron chi connectivity index (χ2n) is 7.98. The number of aromatic nitrogens is 2. The number of pyridine rings is 1. The first-order valence-corrected chi connectivity index (χ1v) is 10.6. The van der Waals surface area contributed by atoms with Gasteiger partial charge < -0.3 is 15.2 Å². The normalized spacial score (nSPS) is 16.4. The highest BCUT2D eigenvalue weighted by molar-refractivity contribution is 6.11. The molecule has 2 aliphatic heterocycles. The number of halogens is 2. The van der Waals surface area contributed by atoms with Crippen LogP contribution in [0.4, 0.5) is 20.3 Å². The summed E-state index contributed by atoms with van der Waals surface area (Å²) in [5.74, 6) is -1.30. The Morgan fingerprint density at radius 1 is 1.09 bits per heavy atom. The van der Waals surface area contributed by atoms with Crippen LogP contribution in [0, 0.1) is 11.6 Å². The number of nitrogen functional groups attached to an aromatic ring is 1. The first-order chi connectivity index (χ1) is 15.6. The van der Waals surface area contributed by atoms with Crippen molar-refractivity contribution in [2.24, 2.45) is 5.10 Å². The Morgan fingerprint density at radius 2 is 1.94 bits per heavy atom. The van der Waals surface area contributed by atoms with E-state index in [1.54, 1.807) is 6.20 Å². The minimum absolute atomic E-state index is 0.0339. The molecule has 1 saturated heterocycles. The third kappa shape index (κ3) is 3.90. The average Bonchev–Trinajstić information content (AvgIpc) is 3.56. The van der Waals surface area contributed by atoms with Crippen molar-refractivity contribution in [3.8, 4) is 11.1 Å². The zero-order chi connectivity index (χ0) is 22.1. The van der Waals surface area contributed by atoms with Crippen LogP contribution in [-0.4, -0.2) is 39.9 Å². The van der Waals surface area contributed by atoms with Crippen molar-refractivity contribution in [3.63, 3.8) is 0 Å². The SMILES string of the molecule is Nc1ncc(-c2ccn(CCN3CCCC3)c2)cc1C1=NN[NH2+]N1c1cccc(F)c1F. The molecule has 32 heavy (non-hydrogen) atoms. The van der Waals surface area contributed by atoms with Gasteiger partial charge in [-0.25, -0.2) is 13.8 Å². The number of nitrogens with zero attached hydrogens (tertiary/aromatic N) is 5. The molecule has 3 aromatic rings. The third-order valence-electron chi connectivity index (χ3n) is 5.89. The second-order valence-corrected chi connectivity index (χ2v) is 7.98. The fourth-order valence-corrected chi connectivity index (χ4v) is 4.14. The lowest BCUT2D eigenvalue weighted by atomic mass is 10.1. The molecule has 2 aliphatic rings. The van der Waals surface area contributed by atoms with Gasteiger partial charge in [-0.3, -0.25) is 0 Å². The number of nitrogens with two attached hydrogens (primary N) is 2. The van der Waals surface area contributed by atoms with Crippen molar-refractivity contribution in [3.05, 3.63) is 66.1 Å². The highest BCUT2D eigenvalue weighted by Crippen LogP contribution is 2.26. The number of likely N-dealkylation sites (tertiary alicyclic amines) is 1. The van der Waals surface area contributed by atoms with Gasteiger partial charge in [0.1, 0.15) is 11.5 Å². The van der Waals surface area contributed by atoms with E-state index >= 15 is 0 Å². The van der Waals surface area contributed by atoms with E-state index in [4.69, 9.17) is 5.73 Å². The van der Waals surface area contributed by atoms with Crippen LogP contribution in [0.15, 0.2) is 54.0 Å². The molecule has 8 nitrogen and oxygen atoms in total. The largest absolute Gasteiger partial charge is 0.383 e. The summed E-state index contributed by atoms with van der Waals surface area (Å²) in [6.07, 6.45) is 8.40. The molecule has 1 fully saturated rings. The highest BCUT2D eigenvalue weighted by Gasteiger charge is 2.30. The number of hydrazone groups is 1. The lowest BCUT2D eigenvalue weighted by Crippen LogP contribution is -2.98. The third-order valence-corrected chi connectivity index (χ3v) is 5.89. The molecule has 10 heteroatoms. The minimum Gasteiger partial charge on any atom is -0.383 e. The molecule has 4 heterocycles. The first-order valence-electron chi connectivity index (χ1n) is 10.6. The number of hydrogen-bond donors (Lipinski definition) is 3. The van der Waals surface area contributed by atoms with Crippen molar-refractivity contribution < 1.29 is 14.3 Å². The average molecular weight is 439 g/mol. The Hall–Kier alpha value is -3.50. The summed E-state index contributed by atoms with van der Waals surface area (Å²) >= 11 is 0. The highest BCUT2D eigenvalue weighted by atomic mass is 19.2. The molecule has 0 aliphatic carbocycles. The van der Waals surface area contributed by atoms with Gasteiger partial charge in [0.05, 0.1) is 5.56 Å². The molecule has 0 unspecified atom stereocenters. The Balaban J connectivity index is 1.40. The molecule has 166 valence electrons. The maximum atomic E-state index is 14.4. The van der Waals surface area contributed by atoms with E-state index in [-0.39, 0.29) is 11.5 Å². The van der Waals surface area contributed by atoms with Crippen molar-refractivity contribution in [1.29, 1.82) is 0 Å². The van der Waals surface area contributed by atoms with Crippen LogP contribution in [0.25, 0.3) is 11.1 Å². The van der Waals surface area contributed by atoms with Gasteiger partial charge >= 0.3 is 0 Å². The zero-order valence-electron chi connectivity index (χ0n) is 17.5. The van der Waals surface area contributed by atoms with E-state index in [1.807, 2.05) is 12.1 Å². The maximum absolute atomic E-state index is 14.4. The van der Waals surface area contributed by atoms with Crippen LogP contribution in [0.3, 0.4) is 0 Å². The quantitative estimate of drug-likeness (QED) is 0.509. The van der Waals surface area contributed by atoms with Gasteiger partial charge in [-0.1, -0.05) is 6.07 Å². The molecule has 2 aromatic heterocycles. The van der Waals surface area contributed by atoms with Crippen LogP contribution in [-0.2, 0) is 6.54 Å². The number of amidine groups is 1. The Labute approximate surface area is 184 Å². The molecule has 5 N–H and O–H groups in total. The monoisotopic (exact) mass is 439 g/mol. The van der Waals surface area contributed by atoms with Crippen LogP contribution < -0.4 is 21.8 Å².